The van der Waals surface area contributed by atoms with Gasteiger partial charge in [0.25, 0.3) is 0 Å². The molecule has 0 atom stereocenters. The second-order valence-corrected chi connectivity index (χ2v) is 7.80. The summed E-state index contributed by atoms with van der Waals surface area (Å²) in [7, 11) is 3.21. The Morgan fingerprint density at radius 1 is 1.03 bits per heavy atom. The normalized spacial score (nSPS) is 10.5. The number of aromatic nitrogens is 2. The molecule has 3 aromatic rings. The SMILES string of the molecule is COc1ccc(NC(=S)Nc2c(C)nn(Cc3ccc(Br)cc3)c2C)cc1OC. The van der Waals surface area contributed by atoms with Gasteiger partial charge >= 0.3 is 0 Å². The van der Waals surface area contributed by atoms with E-state index < -0.39 is 0 Å². The van der Waals surface area contributed by atoms with Gasteiger partial charge in [-0.05, 0) is 55.9 Å². The number of ether oxygens (including phenoxy) is 2. The van der Waals surface area contributed by atoms with Crippen LogP contribution in [0.4, 0.5) is 11.4 Å². The maximum Gasteiger partial charge on any atom is 0.175 e. The molecule has 0 unspecified atom stereocenters. The van der Waals surface area contributed by atoms with Crippen molar-refractivity contribution in [2.45, 2.75) is 20.4 Å². The number of rotatable bonds is 6. The van der Waals surface area contributed by atoms with Crippen molar-refractivity contribution in [1.82, 2.24) is 9.78 Å². The molecule has 1 aromatic heterocycles. The molecule has 8 heteroatoms. The summed E-state index contributed by atoms with van der Waals surface area (Å²) < 4.78 is 13.6. The second kappa shape index (κ2) is 9.28. The van der Waals surface area contributed by atoms with Crippen LogP contribution >= 0.6 is 28.1 Å². The van der Waals surface area contributed by atoms with Crippen molar-refractivity contribution in [1.29, 1.82) is 0 Å². The smallest absolute Gasteiger partial charge is 0.175 e. The lowest BCUT2D eigenvalue weighted by Crippen LogP contribution is -2.20. The van der Waals surface area contributed by atoms with Crippen LogP contribution in [0.25, 0.3) is 0 Å². The number of methoxy groups -OCH3 is 2. The number of hydrogen-bond acceptors (Lipinski definition) is 4. The maximum atomic E-state index is 5.49. The summed E-state index contributed by atoms with van der Waals surface area (Å²) in [6.45, 7) is 4.68. The third kappa shape index (κ3) is 5.07. The third-order valence-electron chi connectivity index (χ3n) is 4.51. The van der Waals surface area contributed by atoms with E-state index in [2.05, 4.69) is 43.8 Å². The van der Waals surface area contributed by atoms with Gasteiger partial charge in [-0.3, -0.25) is 4.68 Å². The van der Waals surface area contributed by atoms with E-state index in [0.29, 0.717) is 23.2 Å². The van der Waals surface area contributed by atoms with Gasteiger partial charge in [0.15, 0.2) is 16.6 Å². The number of halogens is 1. The van der Waals surface area contributed by atoms with Crippen molar-refractivity contribution in [3.8, 4) is 11.5 Å². The zero-order valence-corrected chi connectivity index (χ0v) is 19.1. The molecule has 0 aliphatic carbocycles. The molecule has 0 saturated heterocycles. The van der Waals surface area contributed by atoms with Crippen LogP contribution in [0.1, 0.15) is 17.0 Å². The van der Waals surface area contributed by atoms with E-state index in [-0.39, 0.29) is 0 Å². The molecule has 0 amide bonds. The lowest BCUT2D eigenvalue weighted by Gasteiger charge is -2.13. The molecular weight excluding hydrogens is 452 g/mol. The monoisotopic (exact) mass is 474 g/mol. The van der Waals surface area contributed by atoms with Gasteiger partial charge < -0.3 is 20.1 Å². The molecule has 6 nitrogen and oxygen atoms in total. The number of thiocarbonyl (C=S) groups is 1. The van der Waals surface area contributed by atoms with Gasteiger partial charge in [-0.15, -0.1) is 0 Å². The van der Waals surface area contributed by atoms with E-state index in [4.69, 9.17) is 21.7 Å². The zero-order chi connectivity index (χ0) is 21.0. The van der Waals surface area contributed by atoms with E-state index >= 15 is 0 Å². The van der Waals surface area contributed by atoms with Gasteiger partial charge in [-0.2, -0.15) is 5.10 Å². The molecule has 0 radical (unpaired) electrons. The molecule has 152 valence electrons. The van der Waals surface area contributed by atoms with Gasteiger partial charge in [0.1, 0.15) is 0 Å². The first kappa shape index (κ1) is 21.1. The van der Waals surface area contributed by atoms with Crippen LogP contribution in [0.15, 0.2) is 46.9 Å². The molecule has 0 saturated carbocycles. The minimum atomic E-state index is 0.478. The second-order valence-electron chi connectivity index (χ2n) is 6.48. The standard InChI is InChI=1S/C21H23BrN4O2S/c1-13-20(14(2)26(25-13)12-15-5-7-16(22)8-6-15)24-21(29)23-17-9-10-18(27-3)19(11-17)28-4/h5-11H,12H2,1-4H3,(H2,23,24,29). The molecule has 1 heterocycles. The molecule has 2 aromatic carbocycles. The Labute approximate surface area is 184 Å². The van der Waals surface area contributed by atoms with E-state index in [1.165, 1.54) is 5.56 Å². The fourth-order valence-electron chi connectivity index (χ4n) is 2.98. The summed E-state index contributed by atoms with van der Waals surface area (Å²) in [6.07, 6.45) is 0. The van der Waals surface area contributed by atoms with E-state index in [9.17, 15) is 0 Å². The molecule has 2 N–H and O–H groups in total. The quantitative estimate of drug-likeness (QED) is 0.482. The summed E-state index contributed by atoms with van der Waals surface area (Å²) in [5, 5.41) is 11.6. The summed E-state index contributed by atoms with van der Waals surface area (Å²) in [5.74, 6) is 1.30. The number of aryl methyl sites for hydroxylation is 1. The lowest BCUT2D eigenvalue weighted by molar-refractivity contribution is 0.355. The molecule has 29 heavy (non-hydrogen) atoms. The maximum absolute atomic E-state index is 5.49. The molecule has 0 aliphatic rings. The minimum Gasteiger partial charge on any atom is -0.493 e. The molecule has 0 spiro atoms. The highest BCUT2D eigenvalue weighted by atomic mass is 79.9. The lowest BCUT2D eigenvalue weighted by atomic mass is 10.2. The zero-order valence-electron chi connectivity index (χ0n) is 16.7. The van der Waals surface area contributed by atoms with Crippen molar-refractivity contribution in [3.63, 3.8) is 0 Å². The van der Waals surface area contributed by atoms with E-state index in [0.717, 1.165) is 27.2 Å². The van der Waals surface area contributed by atoms with Crippen molar-refractivity contribution in [2.24, 2.45) is 0 Å². The summed E-state index contributed by atoms with van der Waals surface area (Å²) in [5.41, 5.74) is 4.78. The van der Waals surface area contributed by atoms with Crippen molar-refractivity contribution in [2.75, 3.05) is 24.9 Å². The average Bonchev–Trinajstić information content (AvgIpc) is 2.97. The van der Waals surface area contributed by atoms with Gasteiger partial charge in [0.05, 0.1) is 37.8 Å². The molecular formula is C21H23BrN4O2S. The number of benzene rings is 2. The van der Waals surface area contributed by atoms with Gasteiger partial charge in [0.2, 0.25) is 0 Å². The number of nitrogens with zero attached hydrogens (tertiary/aromatic N) is 2. The Hall–Kier alpha value is -2.58. The van der Waals surface area contributed by atoms with Crippen molar-refractivity contribution >= 4 is 44.6 Å². The largest absolute Gasteiger partial charge is 0.493 e. The molecule has 0 aliphatic heterocycles. The molecule has 0 bridgehead atoms. The fourth-order valence-corrected chi connectivity index (χ4v) is 3.47. The van der Waals surface area contributed by atoms with E-state index in [1.54, 1.807) is 14.2 Å². The summed E-state index contributed by atoms with van der Waals surface area (Å²) in [6, 6.07) is 13.8. The number of hydrogen-bond donors (Lipinski definition) is 2. The van der Waals surface area contributed by atoms with Crippen LogP contribution in [0, 0.1) is 13.8 Å². The Balaban J connectivity index is 1.72. The van der Waals surface area contributed by atoms with Crippen molar-refractivity contribution < 1.29 is 9.47 Å². The van der Waals surface area contributed by atoms with Crippen LogP contribution in [-0.2, 0) is 6.54 Å². The Bertz CT molecular complexity index is 1020. The first-order valence-corrected chi connectivity index (χ1v) is 10.2. The predicted octanol–water partition coefficient (Wildman–Crippen LogP) is 5.14. The van der Waals surface area contributed by atoms with Crippen molar-refractivity contribution in [3.05, 3.63) is 63.9 Å². The Morgan fingerprint density at radius 3 is 2.38 bits per heavy atom. The minimum absolute atomic E-state index is 0.478. The fraction of sp³-hybridized carbons (Fsp3) is 0.238. The third-order valence-corrected chi connectivity index (χ3v) is 5.24. The Kier molecular flexibility index (Phi) is 6.76. The van der Waals surface area contributed by atoms with Crippen LogP contribution in [-0.4, -0.2) is 29.1 Å². The van der Waals surface area contributed by atoms with Crippen LogP contribution in [0.5, 0.6) is 11.5 Å². The van der Waals surface area contributed by atoms with Gasteiger partial charge in [-0.1, -0.05) is 28.1 Å². The first-order chi connectivity index (χ1) is 13.9. The van der Waals surface area contributed by atoms with Gasteiger partial charge in [0, 0.05) is 16.2 Å². The van der Waals surface area contributed by atoms with Gasteiger partial charge in [-0.25, -0.2) is 0 Å². The van der Waals surface area contributed by atoms with Crippen LogP contribution in [0.2, 0.25) is 0 Å². The molecule has 0 fully saturated rings. The topological polar surface area (TPSA) is 60.3 Å². The average molecular weight is 475 g/mol. The Morgan fingerprint density at radius 2 is 1.72 bits per heavy atom. The van der Waals surface area contributed by atoms with Crippen LogP contribution < -0.4 is 20.1 Å². The highest BCUT2D eigenvalue weighted by Gasteiger charge is 2.14. The highest BCUT2D eigenvalue weighted by Crippen LogP contribution is 2.30. The highest BCUT2D eigenvalue weighted by molar-refractivity contribution is 9.10. The summed E-state index contributed by atoms with van der Waals surface area (Å²) in [4.78, 5) is 0. The number of anilines is 2. The first-order valence-electron chi connectivity index (χ1n) is 8.99. The van der Waals surface area contributed by atoms with Crippen LogP contribution in [0.3, 0.4) is 0 Å². The molecule has 3 rings (SSSR count). The van der Waals surface area contributed by atoms with E-state index in [1.807, 2.05) is 48.9 Å². The number of nitrogens with one attached hydrogen (secondary N) is 2. The predicted molar refractivity (Wildman–Crippen MR) is 124 cm³/mol. The summed E-state index contributed by atoms with van der Waals surface area (Å²) >= 11 is 8.96.